The minimum Gasteiger partial charge on any atom is -0.508 e. The molecule has 0 fully saturated rings. The Bertz CT molecular complexity index is 1210. The van der Waals surface area contributed by atoms with Crippen LogP contribution in [0.1, 0.15) is 53.2 Å². The third kappa shape index (κ3) is 5.36. The van der Waals surface area contributed by atoms with E-state index in [0.29, 0.717) is 24.2 Å². The van der Waals surface area contributed by atoms with Gasteiger partial charge in [0.05, 0.1) is 0 Å². The molecule has 0 spiro atoms. The first-order valence-electron chi connectivity index (χ1n) is 12.1. The summed E-state index contributed by atoms with van der Waals surface area (Å²) in [6.45, 7) is 7.67. The summed E-state index contributed by atoms with van der Waals surface area (Å²) >= 11 is 0. The van der Waals surface area contributed by atoms with Gasteiger partial charge in [0.15, 0.2) is 5.78 Å². The summed E-state index contributed by atoms with van der Waals surface area (Å²) < 4.78 is 5.88. The molecule has 5 nitrogen and oxygen atoms in total. The molecule has 1 aliphatic rings. The molecule has 0 bridgehead atoms. The van der Waals surface area contributed by atoms with E-state index in [2.05, 4.69) is 18.7 Å². The van der Waals surface area contributed by atoms with Crippen molar-refractivity contribution in [3.8, 4) is 11.5 Å². The van der Waals surface area contributed by atoms with Crippen LogP contribution >= 0.6 is 0 Å². The zero-order valence-corrected chi connectivity index (χ0v) is 20.2. The molecule has 3 aromatic rings. The number of hydrogen-bond donors (Lipinski definition) is 1. The number of Topliss-reactive ketones (excluding diaryl/α,β-unsaturated/α-hetero) is 1. The SMILES string of the molecule is CCN(CC)CCOc1ccc(C(=O)C2=C(c3ccc(O)cc3)CC(C=O)c3ccccc32)cc1. The van der Waals surface area contributed by atoms with Crippen LogP contribution in [-0.4, -0.2) is 48.3 Å². The number of hydrogen-bond acceptors (Lipinski definition) is 5. The zero-order chi connectivity index (χ0) is 24.8. The van der Waals surface area contributed by atoms with Crippen molar-refractivity contribution in [3.63, 3.8) is 0 Å². The number of carbonyl (C=O) groups excluding carboxylic acids is 2. The largest absolute Gasteiger partial charge is 0.508 e. The molecule has 0 heterocycles. The fraction of sp³-hybridized carbons (Fsp3) is 0.267. The first kappa shape index (κ1) is 24.4. The van der Waals surface area contributed by atoms with Crippen molar-refractivity contribution in [2.75, 3.05) is 26.2 Å². The van der Waals surface area contributed by atoms with E-state index in [4.69, 9.17) is 4.74 Å². The van der Waals surface area contributed by atoms with E-state index < -0.39 is 0 Å². The molecular weight excluding hydrogens is 438 g/mol. The maximum Gasteiger partial charge on any atom is 0.193 e. The molecular formula is C30H31NO4. The smallest absolute Gasteiger partial charge is 0.193 e. The number of aldehydes is 1. The van der Waals surface area contributed by atoms with Crippen molar-refractivity contribution < 1.29 is 19.4 Å². The van der Waals surface area contributed by atoms with Gasteiger partial charge in [-0.1, -0.05) is 50.2 Å². The lowest BCUT2D eigenvalue weighted by Crippen LogP contribution is -2.27. The number of nitrogens with zero attached hydrogens (tertiary/aromatic N) is 1. The number of ether oxygens (including phenoxy) is 1. The van der Waals surface area contributed by atoms with Gasteiger partial charge in [-0.3, -0.25) is 4.79 Å². The maximum absolute atomic E-state index is 13.9. The fourth-order valence-electron chi connectivity index (χ4n) is 4.63. The maximum atomic E-state index is 13.9. The van der Waals surface area contributed by atoms with Crippen LogP contribution in [0.25, 0.3) is 11.1 Å². The Kier molecular flexibility index (Phi) is 7.78. The Labute approximate surface area is 206 Å². The van der Waals surface area contributed by atoms with Crippen molar-refractivity contribution in [2.24, 2.45) is 0 Å². The lowest BCUT2D eigenvalue weighted by Gasteiger charge is -2.27. The Morgan fingerprint density at radius 3 is 2.34 bits per heavy atom. The Hall–Kier alpha value is -3.70. The summed E-state index contributed by atoms with van der Waals surface area (Å²) in [4.78, 5) is 28.1. The molecule has 1 unspecified atom stereocenters. The summed E-state index contributed by atoms with van der Waals surface area (Å²) in [6, 6.07) is 21.7. The van der Waals surface area contributed by atoms with E-state index in [1.165, 1.54) is 0 Å². The van der Waals surface area contributed by atoms with Crippen LogP contribution in [0, 0.1) is 0 Å². The normalized spacial score (nSPS) is 15.1. The topological polar surface area (TPSA) is 66.8 Å². The number of likely N-dealkylation sites (N-methyl/N-ethyl adjacent to an activating group) is 1. The van der Waals surface area contributed by atoms with Gasteiger partial charge in [0.2, 0.25) is 0 Å². The van der Waals surface area contributed by atoms with Gasteiger partial charge in [0.1, 0.15) is 24.4 Å². The molecule has 1 aliphatic carbocycles. The van der Waals surface area contributed by atoms with Gasteiger partial charge >= 0.3 is 0 Å². The van der Waals surface area contributed by atoms with Crippen molar-refractivity contribution in [3.05, 3.63) is 95.1 Å². The zero-order valence-electron chi connectivity index (χ0n) is 20.2. The highest BCUT2D eigenvalue weighted by Crippen LogP contribution is 2.43. The molecule has 0 saturated heterocycles. The van der Waals surface area contributed by atoms with Crippen LogP contribution in [0.15, 0.2) is 72.8 Å². The van der Waals surface area contributed by atoms with Crippen LogP contribution in [0.3, 0.4) is 0 Å². The Morgan fingerprint density at radius 1 is 1.00 bits per heavy atom. The number of phenolic OH excluding ortho intramolecular Hbond substituents is 1. The number of benzene rings is 3. The second-order valence-electron chi connectivity index (χ2n) is 8.66. The summed E-state index contributed by atoms with van der Waals surface area (Å²) in [5.41, 5.74) is 4.44. The van der Waals surface area contributed by atoms with E-state index in [-0.39, 0.29) is 17.5 Å². The summed E-state index contributed by atoms with van der Waals surface area (Å²) in [7, 11) is 0. The summed E-state index contributed by atoms with van der Waals surface area (Å²) in [6.07, 6.45) is 1.38. The summed E-state index contributed by atoms with van der Waals surface area (Å²) in [5, 5.41) is 9.76. The molecule has 1 N–H and O–H groups in total. The predicted molar refractivity (Wildman–Crippen MR) is 139 cm³/mol. The van der Waals surface area contributed by atoms with Gasteiger partial charge in [-0.05, 0) is 78.2 Å². The van der Waals surface area contributed by atoms with Crippen LogP contribution in [0.5, 0.6) is 11.5 Å². The van der Waals surface area contributed by atoms with Crippen molar-refractivity contribution >= 4 is 23.2 Å². The quantitative estimate of drug-likeness (QED) is 0.310. The van der Waals surface area contributed by atoms with Crippen molar-refractivity contribution in [2.45, 2.75) is 26.2 Å². The van der Waals surface area contributed by atoms with Gasteiger partial charge in [-0.2, -0.15) is 0 Å². The molecule has 0 aromatic heterocycles. The molecule has 4 rings (SSSR count). The van der Waals surface area contributed by atoms with Gasteiger partial charge in [0, 0.05) is 23.6 Å². The van der Waals surface area contributed by atoms with Crippen LogP contribution < -0.4 is 4.74 Å². The fourth-order valence-corrected chi connectivity index (χ4v) is 4.63. The molecule has 3 aromatic carbocycles. The molecule has 0 radical (unpaired) electrons. The van der Waals surface area contributed by atoms with E-state index >= 15 is 0 Å². The number of ketones is 1. The minimum atomic E-state index is -0.326. The lowest BCUT2D eigenvalue weighted by atomic mass is 9.75. The number of rotatable bonds is 10. The molecule has 1 atom stereocenters. The predicted octanol–water partition coefficient (Wildman–Crippen LogP) is 5.59. The molecule has 0 amide bonds. The van der Waals surface area contributed by atoms with Crippen LogP contribution in [-0.2, 0) is 4.79 Å². The van der Waals surface area contributed by atoms with Crippen molar-refractivity contribution in [1.29, 1.82) is 0 Å². The molecule has 0 saturated carbocycles. The third-order valence-corrected chi connectivity index (χ3v) is 6.65. The minimum absolute atomic E-state index is 0.0976. The second kappa shape index (κ2) is 11.2. The highest BCUT2D eigenvalue weighted by atomic mass is 16.5. The van der Waals surface area contributed by atoms with E-state index in [0.717, 1.165) is 53.9 Å². The summed E-state index contributed by atoms with van der Waals surface area (Å²) in [5.74, 6) is 0.459. The number of phenols is 1. The number of allylic oxidation sites excluding steroid dienone is 2. The second-order valence-corrected chi connectivity index (χ2v) is 8.66. The number of fused-ring (bicyclic) bond motifs is 1. The van der Waals surface area contributed by atoms with E-state index in [9.17, 15) is 14.7 Å². The molecule has 35 heavy (non-hydrogen) atoms. The average molecular weight is 470 g/mol. The Balaban J connectivity index is 1.67. The molecule has 5 heteroatoms. The van der Waals surface area contributed by atoms with Gasteiger partial charge in [-0.15, -0.1) is 0 Å². The first-order chi connectivity index (χ1) is 17.0. The van der Waals surface area contributed by atoms with Crippen molar-refractivity contribution in [1.82, 2.24) is 4.90 Å². The molecule has 0 aliphatic heterocycles. The third-order valence-electron chi connectivity index (χ3n) is 6.65. The van der Waals surface area contributed by atoms with Gasteiger partial charge < -0.3 is 19.5 Å². The highest BCUT2D eigenvalue weighted by Gasteiger charge is 2.31. The lowest BCUT2D eigenvalue weighted by molar-refractivity contribution is -0.109. The number of aromatic hydroxyl groups is 1. The molecule has 180 valence electrons. The van der Waals surface area contributed by atoms with Gasteiger partial charge in [-0.25, -0.2) is 0 Å². The van der Waals surface area contributed by atoms with Crippen LogP contribution in [0.2, 0.25) is 0 Å². The van der Waals surface area contributed by atoms with Crippen LogP contribution in [0.4, 0.5) is 0 Å². The van der Waals surface area contributed by atoms with E-state index in [1.54, 1.807) is 36.4 Å². The highest BCUT2D eigenvalue weighted by molar-refractivity contribution is 6.35. The Morgan fingerprint density at radius 2 is 1.69 bits per heavy atom. The number of carbonyl (C=O) groups is 2. The monoisotopic (exact) mass is 469 g/mol. The first-order valence-corrected chi connectivity index (χ1v) is 12.1. The standard InChI is InChI=1S/C30H31NO4/c1-3-31(4-2)17-18-35-25-15-11-22(12-16-25)30(34)29-27-8-6-5-7-26(27)23(20-32)19-28(29)21-9-13-24(33)14-10-21/h5-16,20,23,33H,3-4,17-19H2,1-2H3. The van der Waals surface area contributed by atoms with Gasteiger partial charge in [0.25, 0.3) is 0 Å². The van der Waals surface area contributed by atoms with E-state index in [1.807, 2.05) is 36.4 Å². The average Bonchev–Trinajstić information content (AvgIpc) is 2.90.